The highest BCUT2D eigenvalue weighted by Gasteiger charge is 2.03. The van der Waals surface area contributed by atoms with Crippen LogP contribution in [0, 0.1) is 22.1 Å². The molecule has 0 nitrogen and oxygen atoms in total. The molecular formula is C7H5F2I. The van der Waals surface area contributed by atoms with E-state index in [-0.39, 0.29) is 5.56 Å². The molecule has 0 radical (unpaired) electrons. The molecule has 0 aliphatic rings. The van der Waals surface area contributed by atoms with E-state index in [0.717, 1.165) is 0 Å². The molecule has 0 aliphatic heterocycles. The van der Waals surface area contributed by atoms with Crippen LogP contribution < -0.4 is 0 Å². The zero-order valence-corrected chi connectivity index (χ0v) is 7.45. The molecule has 1 aromatic carbocycles. The maximum atomic E-state index is 12.6. The third-order valence-corrected chi connectivity index (χ3v) is 1.87. The van der Waals surface area contributed by atoms with Gasteiger partial charge < -0.3 is 0 Å². The molecule has 54 valence electrons. The van der Waals surface area contributed by atoms with E-state index in [1.807, 2.05) is 22.6 Å². The second-order valence-corrected chi connectivity index (χ2v) is 3.24. The average Bonchev–Trinajstić information content (AvgIpc) is 1.82. The maximum Gasteiger partial charge on any atom is 0.130 e. The van der Waals surface area contributed by atoms with Crippen molar-refractivity contribution in [3.05, 3.63) is 32.9 Å². The van der Waals surface area contributed by atoms with Crippen LogP contribution in [0.3, 0.4) is 0 Å². The first kappa shape index (κ1) is 7.91. The Morgan fingerprint density at radius 1 is 1.20 bits per heavy atom. The smallest absolute Gasteiger partial charge is 0.130 e. The van der Waals surface area contributed by atoms with Gasteiger partial charge in [-0.2, -0.15) is 0 Å². The molecule has 0 atom stereocenters. The Hall–Kier alpha value is -0.190. The van der Waals surface area contributed by atoms with Gasteiger partial charge in [0, 0.05) is 9.13 Å². The molecule has 0 unspecified atom stereocenters. The van der Waals surface area contributed by atoms with E-state index in [4.69, 9.17) is 0 Å². The second kappa shape index (κ2) is 2.82. The zero-order valence-electron chi connectivity index (χ0n) is 5.29. The van der Waals surface area contributed by atoms with Gasteiger partial charge in [0.15, 0.2) is 0 Å². The van der Waals surface area contributed by atoms with Crippen molar-refractivity contribution in [2.75, 3.05) is 0 Å². The van der Waals surface area contributed by atoms with Crippen molar-refractivity contribution in [2.24, 2.45) is 0 Å². The summed E-state index contributed by atoms with van der Waals surface area (Å²) in [5.41, 5.74) is 0.0837. The van der Waals surface area contributed by atoms with Crippen molar-refractivity contribution >= 4 is 22.6 Å². The first-order valence-electron chi connectivity index (χ1n) is 2.72. The third kappa shape index (κ3) is 1.45. The van der Waals surface area contributed by atoms with E-state index in [2.05, 4.69) is 0 Å². The van der Waals surface area contributed by atoms with Crippen LogP contribution in [0.5, 0.6) is 0 Å². The number of hydrogen-bond donors (Lipinski definition) is 0. The lowest BCUT2D eigenvalue weighted by Crippen LogP contribution is -1.88. The summed E-state index contributed by atoms with van der Waals surface area (Å²) in [6.45, 7) is 1.42. The minimum atomic E-state index is -0.482. The molecule has 10 heavy (non-hydrogen) atoms. The summed E-state index contributed by atoms with van der Waals surface area (Å²) in [7, 11) is 0. The van der Waals surface area contributed by atoms with Crippen LogP contribution >= 0.6 is 22.6 Å². The molecule has 0 saturated heterocycles. The summed E-state index contributed by atoms with van der Waals surface area (Å²) in [6.07, 6.45) is 0. The fourth-order valence-electron chi connectivity index (χ4n) is 0.614. The summed E-state index contributed by atoms with van der Waals surface area (Å²) in [5, 5.41) is 0. The first-order chi connectivity index (χ1) is 4.61. The summed E-state index contributed by atoms with van der Waals surface area (Å²) < 4.78 is 25.8. The third-order valence-electron chi connectivity index (χ3n) is 1.25. The van der Waals surface area contributed by atoms with Crippen LogP contribution in [0.2, 0.25) is 0 Å². The van der Waals surface area contributed by atoms with Gasteiger partial charge in [0.1, 0.15) is 11.6 Å². The second-order valence-electron chi connectivity index (χ2n) is 1.99. The van der Waals surface area contributed by atoms with Gasteiger partial charge in [-0.05, 0) is 41.6 Å². The number of benzene rings is 1. The molecule has 0 fully saturated rings. The molecule has 0 spiro atoms. The molecule has 0 saturated carbocycles. The van der Waals surface area contributed by atoms with Crippen molar-refractivity contribution in [1.82, 2.24) is 0 Å². The van der Waals surface area contributed by atoms with Crippen molar-refractivity contribution in [3.8, 4) is 0 Å². The van der Waals surface area contributed by atoms with E-state index in [1.165, 1.54) is 19.1 Å². The lowest BCUT2D eigenvalue weighted by atomic mass is 10.2. The summed E-state index contributed by atoms with van der Waals surface area (Å²) in [6, 6.07) is 2.61. The standard InChI is InChI=1S/C7H5F2I/c1-4-6(8)2-5(10)3-7(4)9/h2-3H,1H3. The number of rotatable bonds is 0. The Kier molecular flexibility index (Phi) is 2.23. The molecule has 0 bridgehead atoms. The Labute approximate surface area is 71.4 Å². The summed E-state index contributed by atoms with van der Waals surface area (Å²) >= 11 is 1.87. The van der Waals surface area contributed by atoms with E-state index in [9.17, 15) is 8.78 Å². The minimum absolute atomic E-state index is 0.0837. The predicted molar refractivity (Wildman–Crippen MR) is 43.8 cm³/mol. The fraction of sp³-hybridized carbons (Fsp3) is 0.143. The predicted octanol–water partition coefficient (Wildman–Crippen LogP) is 2.88. The lowest BCUT2D eigenvalue weighted by Gasteiger charge is -1.97. The molecule has 0 amide bonds. The highest BCUT2D eigenvalue weighted by molar-refractivity contribution is 14.1. The van der Waals surface area contributed by atoms with Crippen LogP contribution in [0.15, 0.2) is 12.1 Å². The molecule has 0 N–H and O–H groups in total. The molecule has 1 rings (SSSR count). The molecule has 0 aliphatic carbocycles. The highest BCUT2D eigenvalue weighted by atomic mass is 127. The zero-order chi connectivity index (χ0) is 7.72. The molecule has 0 heterocycles. The van der Waals surface area contributed by atoms with Gasteiger partial charge in [0.05, 0.1) is 0 Å². The van der Waals surface area contributed by atoms with E-state index in [1.54, 1.807) is 0 Å². The molecule has 0 aromatic heterocycles. The van der Waals surface area contributed by atoms with Crippen LogP contribution in [-0.4, -0.2) is 0 Å². The van der Waals surface area contributed by atoms with Crippen molar-refractivity contribution in [1.29, 1.82) is 0 Å². The first-order valence-corrected chi connectivity index (χ1v) is 3.80. The van der Waals surface area contributed by atoms with Gasteiger partial charge in [-0.25, -0.2) is 8.78 Å². The van der Waals surface area contributed by atoms with Crippen molar-refractivity contribution < 1.29 is 8.78 Å². The average molecular weight is 254 g/mol. The van der Waals surface area contributed by atoms with E-state index in [0.29, 0.717) is 3.57 Å². The van der Waals surface area contributed by atoms with Crippen LogP contribution in [0.4, 0.5) is 8.78 Å². The number of halogens is 3. The van der Waals surface area contributed by atoms with Crippen molar-refractivity contribution in [3.63, 3.8) is 0 Å². The van der Waals surface area contributed by atoms with Crippen LogP contribution in [0.1, 0.15) is 5.56 Å². The van der Waals surface area contributed by atoms with Gasteiger partial charge in [-0.1, -0.05) is 0 Å². The maximum absolute atomic E-state index is 12.6. The normalized spacial score (nSPS) is 10.0. The summed E-state index contributed by atoms with van der Waals surface area (Å²) in [4.78, 5) is 0. The molecule has 3 heteroatoms. The Balaban J connectivity index is 3.31. The Morgan fingerprint density at radius 2 is 1.60 bits per heavy atom. The van der Waals surface area contributed by atoms with E-state index < -0.39 is 11.6 Å². The minimum Gasteiger partial charge on any atom is -0.207 e. The molecular weight excluding hydrogens is 249 g/mol. The van der Waals surface area contributed by atoms with Crippen molar-refractivity contribution in [2.45, 2.75) is 6.92 Å². The highest BCUT2D eigenvalue weighted by Crippen LogP contribution is 2.14. The van der Waals surface area contributed by atoms with Gasteiger partial charge >= 0.3 is 0 Å². The largest absolute Gasteiger partial charge is 0.207 e. The van der Waals surface area contributed by atoms with Crippen LogP contribution in [0.25, 0.3) is 0 Å². The van der Waals surface area contributed by atoms with Crippen LogP contribution in [-0.2, 0) is 0 Å². The van der Waals surface area contributed by atoms with Gasteiger partial charge in [-0.3, -0.25) is 0 Å². The topological polar surface area (TPSA) is 0 Å². The Bertz CT molecular complexity index is 235. The lowest BCUT2D eigenvalue weighted by molar-refractivity contribution is 0.566. The number of hydrogen-bond acceptors (Lipinski definition) is 0. The SMILES string of the molecule is Cc1c(F)cc(I)cc1F. The van der Waals surface area contributed by atoms with Gasteiger partial charge in [-0.15, -0.1) is 0 Å². The molecule has 1 aromatic rings. The van der Waals surface area contributed by atoms with Gasteiger partial charge in [0.25, 0.3) is 0 Å². The Morgan fingerprint density at radius 3 is 2.00 bits per heavy atom. The van der Waals surface area contributed by atoms with Gasteiger partial charge in [0.2, 0.25) is 0 Å². The fourth-order valence-corrected chi connectivity index (χ4v) is 1.16. The quantitative estimate of drug-likeness (QED) is 0.624. The summed E-state index contributed by atoms with van der Waals surface area (Å²) in [5.74, 6) is -0.964. The monoisotopic (exact) mass is 254 g/mol. The van der Waals surface area contributed by atoms with E-state index >= 15 is 0 Å².